The second kappa shape index (κ2) is 46.6. The summed E-state index contributed by atoms with van der Waals surface area (Å²) in [7, 11) is 0. The summed E-state index contributed by atoms with van der Waals surface area (Å²) < 4.78 is 54.5. The zero-order valence-corrected chi connectivity index (χ0v) is 47.9. The number of rotatable bonds is 42. The number of ether oxygens (including phenoxy) is 10. The van der Waals surface area contributed by atoms with Gasteiger partial charge in [-0.25, -0.2) is 9.59 Å². The van der Waals surface area contributed by atoms with Gasteiger partial charge in [0.2, 0.25) is 23.6 Å². The van der Waals surface area contributed by atoms with E-state index >= 15 is 0 Å². The first-order valence-corrected chi connectivity index (χ1v) is 27.3. The van der Waals surface area contributed by atoms with Gasteiger partial charge in [-0.2, -0.15) is 0 Å². The zero-order valence-electron chi connectivity index (χ0n) is 47.9. The number of nitrogens with two attached hydrogens (primary N) is 2. The molecule has 0 bridgehead atoms. The van der Waals surface area contributed by atoms with Crippen LogP contribution in [0.2, 0.25) is 0 Å². The quantitative estimate of drug-likeness (QED) is 0.0279. The van der Waals surface area contributed by atoms with Gasteiger partial charge in [0.1, 0.15) is 11.2 Å². The van der Waals surface area contributed by atoms with Crippen molar-refractivity contribution in [2.24, 2.45) is 11.5 Å². The van der Waals surface area contributed by atoms with Crippen molar-refractivity contribution in [1.82, 2.24) is 51.5 Å². The Morgan fingerprint density at radius 3 is 0.705 bits per heavy atom. The van der Waals surface area contributed by atoms with Crippen molar-refractivity contribution in [1.29, 1.82) is 0 Å². The van der Waals surface area contributed by atoms with Crippen LogP contribution in [0.15, 0.2) is 0 Å². The van der Waals surface area contributed by atoms with Crippen LogP contribution >= 0.6 is 0 Å². The lowest BCUT2D eigenvalue weighted by Gasteiger charge is -2.33. The third-order valence-electron chi connectivity index (χ3n) is 10.5. The summed E-state index contributed by atoms with van der Waals surface area (Å²) in [5.41, 5.74) is 9.75. The maximum atomic E-state index is 13.4. The third-order valence-corrected chi connectivity index (χ3v) is 10.5. The van der Waals surface area contributed by atoms with Crippen molar-refractivity contribution < 1.29 is 76.1 Å². The summed E-state index contributed by atoms with van der Waals surface area (Å²) in [6.07, 6.45) is -1.03. The summed E-state index contributed by atoms with van der Waals surface area (Å²) in [6, 6.07) is 0. The Morgan fingerprint density at radius 2 is 0.513 bits per heavy atom. The van der Waals surface area contributed by atoms with E-state index in [0.717, 1.165) is 0 Å². The van der Waals surface area contributed by atoms with Gasteiger partial charge in [-0.05, 0) is 41.5 Å². The predicted molar refractivity (Wildman–Crippen MR) is 291 cm³/mol. The van der Waals surface area contributed by atoms with Gasteiger partial charge in [0.05, 0.1) is 132 Å². The first-order valence-electron chi connectivity index (χ1n) is 27.3. The lowest BCUT2D eigenvalue weighted by Crippen LogP contribution is -2.51. The topological polar surface area (TPSA) is 332 Å². The summed E-state index contributed by atoms with van der Waals surface area (Å²) in [6.45, 7) is 22.2. The smallest absolute Gasteiger partial charge is 0.407 e. The summed E-state index contributed by atoms with van der Waals surface area (Å²) >= 11 is 0. The van der Waals surface area contributed by atoms with E-state index in [4.69, 9.17) is 58.8 Å². The lowest BCUT2D eigenvalue weighted by molar-refractivity contribution is -0.125. The molecule has 0 saturated carbocycles. The van der Waals surface area contributed by atoms with Crippen LogP contribution in [0.3, 0.4) is 0 Å². The van der Waals surface area contributed by atoms with Crippen molar-refractivity contribution in [3.05, 3.63) is 0 Å². The van der Waals surface area contributed by atoms with E-state index in [0.29, 0.717) is 158 Å². The monoisotopic (exact) mass is 1120 g/mol. The number of hydrogen-bond acceptors (Lipinski definition) is 22. The van der Waals surface area contributed by atoms with E-state index in [1.165, 1.54) is 0 Å². The average molecular weight is 1130 g/mol. The van der Waals surface area contributed by atoms with Gasteiger partial charge in [0.25, 0.3) is 0 Å². The molecule has 0 aromatic rings. The number of nitrogens with one attached hydrogen (secondary N) is 6. The zero-order chi connectivity index (χ0) is 57.5. The minimum atomic E-state index is -0.589. The van der Waals surface area contributed by atoms with Crippen LogP contribution in [-0.2, 0) is 66.5 Å². The van der Waals surface area contributed by atoms with Crippen LogP contribution in [-0.4, -0.2) is 303 Å². The van der Waals surface area contributed by atoms with Gasteiger partial charge in [-0.1, -0.05) is 0 Å². The third kappa shape index (κ3) is 46.7. The van der Waals surface area contributed by atoms with Crippen molar-refractivity contribution in [2.45, 2.75) is 52.7 Å². The minimum absolute atomic E-state index is 0.0584. The number of nitrogens with zero attached hydrogens (tertiary/aromatic N) is 4. The lowest BCUT2D eigenvalue weighted by atomic mass is 10.2. The molecule has 10 N–H and O–H groups in total. The molecule has 1 aliphatic heterocycles. The Hall–Kier alpha value is -4.14. The van der Waals surface area contributed by atoms with Gasteiger partial charge in [0, 0.05) is 105 Å². The molecule has 1 aliphatic rings. The second-order valence-corrected chi connectivity index (χ2v) is 19.8. The molecule has 78 heavy (non-hydrogen) atoms. The largest absolute Gasteiger partial charge is 0.444 e. The number of amides is 6. The highest BCUT2D eigenvalue weighted by atomic mass is 16.6. The van der Waals surface area contributed by atoms with Gasteiger partial charge in [-0.15, -0.1) is 0 Å². The summed E-state index contributed by atoms with van der Waals surface area (Å²) in [5, 5.41) is 16.9. The first-order chi connectivity index (χ1) is 37.4. The highest BCUT2D eigenvalue weighted by Gasteiger charge is 2.22. The molecular formula is C50H100N12O16. The first kappa shape index (κ1) is 71.9. The van der Waals surface area contributed by atoms with Gasteiger partial charge in [-0.3, -0.25) is 38.8 Å². The van der Waals surface area contributed by atoms with Crippen LogP contribution in [0.4, 0.5) is 9.59 Å². The number of alkyl carbamates (subject to hydrolysis) is 2. The molecule has 28 heteroatoms. The van der Waals surface area contributed by atoms with E-state index < -0.39 is 23.4 Å². The SMILES string of the molecule is CC(C)(C)OC(=O)NCCOCCOCCNC(=O)CN1CCN(CC(=O)NCCOCCOCCN)CCN(CC(=O)NCCOCCOCCNC(=O)OC(C)(C)C)CCN(CC(=O)NCCOCCOCCN)CC1. The Labute approximate surface area is 463 Å². The molecule has 0 unspecified atom stereocenters. The predicted octanol–water partition coefficient (Wildman–Crippen LogP) is -3.23. The molecular weight excluding hydrogens is 1020 g/mol. The average Bonchev–Trinajstić information content (AvgIpc) is 3.36. The Kier molecular flexibility index (Phi) is 42.9. The second-order valence-electron chi connectivity index (χ2n) is 19.8. The fourth-order valence-electron chi connectivity index (χ4n) is 6.83. The summed E-state index contributed by atoms with van der Waals surface area (Å²) in [4.78, 5) is 84.9. The minimum Gasteiger partial charge on any atom is -0.444 e. The Morgan fingerprint density at radius 1 is 0.321 bits per heavy atom. The molecule has 1 heterocycles. The Balaban J connectivity index is 2.94. The van der Waals surface area contributed by atoms with E-state index in [9.17, 15) is 28.8 Å². The van der Waals surface area contributed by atoms with Crippen LogP contribution in [0.1, 0.15) is 41.5 Å². The fraction of sp³-hybridized carbons (Fsp3) is 0.880. The number of carbonyl (C=O) groups excluding carboxylic acids is 6. The molecule has 0 atom stereocenters. The molecule has 0 aromatic carbocycles. The highest BCUT2D eigenvalue weighted by Crippen LogP contribution is 2.07. The van der Waals surface area contributed by atoms with Crippen molar-refractivity contribution in [2.75, 3.05) is 237 Å². The van der Waals surface area contributed by atoms with Gasteiger partial charge >= 0.3 is 12.2 Å². The van der Waals surface area contributed by atoms with Crippen molar-refractivity contribution in [3.8, 4) is 0 Å². The molecule has 0 aliphatic carbocycles. The molecule has 456 valence electrons. The normalized spacial score (nSPS) is 14.7. The van der Waals surface area contributed by atoms with Crippen LogP contribution in [0, 0.1) is 0 Å². The molecule has 6 amide bonds. The fourth-order valence-corrected chi connectivity index (χ4v) is 6.83. The maximum Gasteiger partial charge on any atom is 0.407 e. The van der Waals surface area contributed by atoms with Crippen LogP contribution in [0.25, 0.3) is 0 Å². The molecule has 0 spiro atoms. The highest BCUT2D eigenvalue weighted by molar-refractivity contribution is 5.79. The number of hydrogen-bond donors (Lipinski definition) is 8. The molecule has 1 saturated heterocycles. The van der Waals surface area contributed by atoms with E-state index in [2.05, 4.69) is 31.9 Å². The van der Waals surface area contributed by atoms with Crippen LogP contribution < -0.4 is 43.4 Å². The van der Waals surface area contributed by atoms with Gasteiger partial charge < -0.3 is 90.7 Å². The van der Waals surface area contributed by atoms with E-state index in [1.807, 2.05) is 19.6 Å². The maximum absolute atomic E-state index is 13.4. The molecule has 28 nitrogen and oxygen atoms in total. The summed E-state index contributed by atoms with van der Waals surface area (Å²) in [5.74, 6) is -0.837. The molecule has 1 fully saturated rings. The van der Waals surface area contributed by atoms with E-state index in [1.54, 1.807) is 41.5 Å². The van der Waals surface area contributed by atoms with E-state index in [-0.39, 0.29) is 102 Å². The van der Waals surface area contributed by atoms with Crippen LogP contribution in [0.5, 0.6) is 0 Å². The van der Waals surface area contributed by atoms with Crippen molar-refractivity contribution >= 4 is 35.8 Å². The standard InChI is InChI=1S/C50H100N12O16/c1-49(2,3)77-47(67)57-13-29-75-37-35-73-27-11-55-45(65)41-61-19-15-59(39-43(63)53-9-25-71-33-31-69-23-7-51)17-21-62(22-18-60(16-20-61)40-44(64)54-10-26-72-34-32-70-24-8-52)42-46(66)56-12-28-74-36-38-76-30-14-58-48(68)78-50(4,5)6/h7-42,51-52H2,1-6H3,(H,53,63)(H,54,64)(H,55,65)(H,56,66)(H,57,67)(H,58,68). The van der Waals surface area contributed by atoms with Gasteiger partial charge in [0.15, 0.2) is 0 Å². The molecule has 0 radical (unpaired) electrons. The molecule has 0 aromatic heterocycles. The Bertz CT molecular complexity index is 1450. The molecule has 1 rings (SSSR count). The van der Waals surface area contributed by atoms with Crippen molar-refractivity contribution in [3.63, 3.8) is 0 Å². The number of carbonyl (C=O) groups is 6.